The number of hydrogen-bond acceptors (Lipinski definition) is 8. The Morgan fingerprint density at radius 1 is 1.05 bits per heavy atom. The number of aryl methyl sites for hydroxylation is 1. The van der Waals surface area contributed by atoms with Crippen molar-refractivity contribution in [2.45, 2.75) is 39.7 Å². The second-order valence-electron chi connectivity index (χ2n) is 11.2. The molecule has 0 aliphatic carbocycles. The molecular formula is C30H41N5O5S. The Kier molecular flexibility index (Phi) is 10.4. The molecule has 11 heteroatoms. The maximum Gasteiger partial charge on any atom is 0.255 e. The number of nitrogens with zero attached hydrogens (tertiary/aromatic N) is 2. The second kappa shape index (κ2) is 13.3. The minimum Gasteiger partial charge on any atom is -0.492 e. The number of pyridine rings is 1. The van der Waals surface area contributed by atoms with Crippen LogP contribution in [-0.4, -0.2) is 64.8 Å². The third-order valence-electron chi connectivity index (χ3n) is 6.21. The fraction of sp³-hybridized carbons (Fsp3) is 0.400. The zero-order chi connectivity index (χ0) is 30.4. The Bertz CT molecular complexity index is 1480. The zero-order valence-electron chi connectivity index (χ0n) is 25.1. The van der Waals surface area contributed by atoms with E-state index in [1.807, 2.05) is 53.9 Å². The monoisotopic (exact) mass is 583 g/mol. The van der Waals surface area contributed by atoms with Gasteiger partial charge in [-0.15, -0.1) is 0 Å². The van der Waals surface area contributed by atoms with E-state index in [4.69, 9.17) is 9.47 Å². The van der Waals surface area contributed by atoms with Crippen molar-refractivity contribution in [1.82, 2.24) is 15.2 Å². The van der Waals surface area contributed by atoms with Gasteiger partial charge in [0.15, 0.2) is 5.75 Å². The van der Waals surface area contributed by atoms with Crippen molar-refractivity contribution in [3.05, 3.63) is 71.0 Å². The number of ether oxygens (including phenoxy) is 2. The van der Waals surface area contributed by atoms with E-state index in [1.54, 1.807) is 36.5 Å². The largest absolute Gasteiger partial charge is 0.492 e. The molecule has 3 rings (SSSR count). The molecule has 0 atom stereocenters. The summed E-state index contributed by atoms with van der Waals surface area (Å²) in [5.74, 6) is 0.959. The van der Waals surface area contributed by atoms with Gasteiger partial charge < -0.3 is 25.0 Å². The van der Waals surface area contributed by atoms with Gasteiger partial charge in [0.2, 0.25) is 10.0 Å². The van der Waals surface area contributed by atoms with Crippen molar-refractivity contribution in [2.75, 3.05) is 50.6 Å². The number of benzene rings is 2. The third kappa shape index (κ3) is 9.44. The number of aromatic nitrogens is 1. The van der Waals surface area contributed by atoms with E-state index in [0.29, 0.717) is 29.3 Å². The highest BCUT2D eigenvalue weighted by Crippen LogP contribution is 2.39. The van der Waals surface area contributed by atoms with Crippen LogP contribution in [0.25, 0.3) is 0 Å². The number of amides is 1. The number of sulfonamides is 1. The minimum absolute atomic E-state index is 0.212. The van der Waals surface area contributed by atoms with Crippen LogP contribution in [-0.2, 0) is 22.0 Å². The molecule has 41 heavy (non-hydrogen) atoms. The topological polar surface area (TPSA) is 122 Å². The summed E-state index contributed by atoms with van der Waals surface area (Å²) in [4.78, 5) is 19.9. The molecule has 1 aromatic heterocycles. The van der Waals surface area contributed by atoms with Gasteiger partial charge in [-0.1, -0.05) is 26.8 Å². The van der Waals surface area contributed by atoms with Crippen molar-refractivity contribution in [3.8, 4) is 17.2 Å². The second-order valence-corrected chi connectivity index (χ2v) is 13.0. The van der Waals surface area contributed by atoms with Crippen LogP contribution in [0.1, 0.15) is 48.0 Å². The average molecular weight is 584 g/mol. The molecule has 0 unspecified atom stereocenters. The number of methoxy groups -OCH3 is 1. The third-order valence-corrected chi connectivity index (χ3v) is 6.80. The first-order chi connectivity index (χ1) is 19.2. The molecule has 0 fully saturated rings. The number of nitrogens with one attached hydrogen (secondary N) is 3. The molecule has 0 saturated carbocycles. The summed E-state index contributed by atoms with van der Waals surface area (Å²) in [5, 5.41) is 6.26. The van der Waals surface area contributed by atoms with Crippen molar-refractivity contribution < 1.29 is 22.7 Å². The summed E-state index contributed by atoms with van der Waals surface area (Å²) < 4.78 is 38.3. The first-order valence-electron chi connectivity index (χ1n) is 13.3. The van der Waals surface area contributed by atoms with Crippen LogP contribution < -0.4 is 24.8 Å². The first kappa shape index (κ1) is 31.9. The van der Waals surface area contributed by atoms with Gasteiger partial charge in [-0.2, -0.15) is 0 Å². The van der Waals surface area contributed by atoms with Gasteiger partial charge in [-0.05, 0) is 67.9 Å². The van der Waals surface area contributed by atoms with Gasteiger partial charge in [0.25, 0.3) is 5.91 Å². The Morgan fingerprint density at radius 2 is 1.76 bits per heavy atom. The number of anilines is 2. The van der Waals surface area contributed by atoms with Crippen LogP contribution in [0.3, 0.4) is 0 Å². The molecule has 0 radical (unpaired) electrons. The fourth-order valence-electron chi connectivity index (χ4n) is 3.96. The molecule has 0 saturated heterocycles. The lowest BCUT2D eigenvalue weighted by molar-refractivity contribution is 0.102. The quantitative estimate of drug-likeness (QED) is 0.261. The van der Waals surface area contributed by atoms with Crippen molar-refractivity contribution in [3.63, 3.8) is 0 Å². The Morgan fingerprint density at radius 3 is 2.39 bits per heavy atom. The van der Waals surface area contributed by atoms with Gasteiger partial charge in [0, 0.05) is 37.5 Å². The highest BCUT2D eigenvalue weighted by molar-refractivity contribution is 7.92. The molecule has 0 spiro atoms. The number of rotatable bonds is 12. The van der Waals surface area contributed by atoms with E-state index in [2.05, 4.69) is 25.2 Å². The first-order valence-corrected chi connectivity index (χ1v) is 15.2. The van der Waals surface area contributed by atoms with Crippen LogP contribution in [0.15, 0.2) is 48.7 Å². The summed E-state index contributed by atoms with van der Waals surface area (Å²) in [6.45, 7) is 10.3. The van der Waals surface area contributed by atoms with Crippen molar-refractivity contribution in [1.29, 1.82) is 0 Å². The molecule has 3 aromatic rings. The van der Waals surface area contributed by atoms with E-state index < -0.39 is 15.9 Å². The van der Waals surface area contributed by atoms with Crippen LogP contribution in [0.2, 0.25) is 0 Å². The lowest BCUT2D eigenvalue weighted by Crippen LogP contribution is -2.26. The van der Waals surface area contributed by atoms with E-state index in [-0.39, 0.29) is 16.9 Å². The fourth-order valence-corrected chi connectivity index (χ4v) is 4.51. The van der Waals surface area contributed by atoms with Crippen LogP contribution in [0.5, 0.6) is 17.2 Å². The maximum absolute atomic E-state index is 13.4. The standard InChI is InChI=1S/C30H41N5O5S/c1-20-9-10-21(15-27(20)40-24-11-12-32-23(18-24)19-31-13-14-35(5)6)29(36)33-25-16-22(30(2,3)4)17-26(28(25)39-7)34-41(8,37)38/h9-12,15-18,31,34H,13-14,19H2,1-8H3,(H,33,36). The Balaban J connectivity index is 1.86. The highest BCUT2D eigenvalue weighted by atomic mass is 32.2. The minimum atomic E-state index is -3.59. The van der Waals surface area contributed by atoms with E-state index in [0.717, 1.165) is 36.2 Å². The summed E-state index contributed by atoms with van der Waals surface area (Å²) >= 11 is 0. The lowest BCUT2D eigenvalue weighted by Gasteiger charge is -2.24. The summed E-state index contributed by atoms with van der Waals surface area (Å²) in [6, 6.07) is 12.3. The molecule has 2 aromatic carbocycles. The molecule has 222 valence electrons. The van der Waals surface area contributed by atoms with Gasteiger partial charge in [-0.25, -0.2) is 8.42 Å². The number of carbonyl (C=O) groups excluding carboxylic acids is 1. The lowest BCUT2D eigenvalue weighted by atomic mass is 9.86. The number of hydrogen-bond donors (Lipinski definition) is 3. The van der Waals surface area contributed by atoms with Crippen molar-refractivity contribution in [2.24, 2.45) is 0 Å². The summed E-state index contributed by atoms with van der Waals surface area (Å²) in [5.41, 5.74) is 3.15. The molecular weight excluding hydrogens is 542 g/mol. The molecule has 1 heterocycles. The molecule has 0 bridgehead atoms. The van der Waals surface area contributed by atoms with Gasteiger partial charge in [-0.3, -0.25) is 14.5 Å². The van der Waals surface area contributed by atoms with E-state index >= 15 is 0 Å². The van der Waals surface area contributed by atoms with Crippen LogP contribution >= 0.6 is 0 Å². The highest BCUT2D eigenvalue weighted by Gasteiger charge is 2.23. The molecule has 0 aliphatic heterocycles. The summed E-state index contributed by atoms with van der Waals surface area (Å²) in [7, 11) is 1.88. The molecule has 3 N–H and O–H groups in total. The normalized spacial score (nSPS) is 11.8. The smallest absolute Gasteiger partial charge is 0.255 e. The Hall–Kier alpha value is -3.67. The van der Waals surface area contributed by atoms with Crippen LogP contribution in [0.4, 0.5) is 11.4 Å². The molecule has 1 amide bonds. The maximum atomic E-state index is 13.4. The summed E-state index contributed by atoms with van der Waals surface area (Å²) in [6.07, 6.45) is 2.76. The van der Waals surface area contributed by atoms with Gasteiger partial charge in [0.05, 0.1) is 30.4 Å². The SMILES string of the molecule is COc1c(NC(=O)c2ccc(C)c(Oc3ccnc(CNCCN(C)C)c3)c2)cc(C(C)(C)C)cc1NS(C)(=O)=O. The Labute approximate surface area is 243 Å². The molecule has 10 nitrogen and oxygen atoms in total. The number of likely N-dealkylation sites (N-methyl/N-ethyl adjacent to an activating group) is 1. The predicted molar refractivity (Wildman–Crippen MR) is 164 cm³/mol. The zero-order valence-corrected chi connectivity index (χ0v) is 25.9. The number of carbonyl (C=O) groups is 1. The van der Waals surface area contributed by atoms with Crippen molar-refractivity contribution >= 4 is 27.3 Å². The molecule has 0 aliphatic rings. The average Bonchev–Trinajstić information content (AvgIpc) is 2.86. The predicted octanol–water partition coefficient (Wildman–Crippen LogP) is 4.76. The van der Waals surface area contributed by atoms with Gasteiger partial charge in [0.1, 0.15) is 11.5 Å². The van der Waals surface area contributed by atoms with Crippen LogP contribution in [0, 0.1) is 6.92 Å². The van der Waals surface area contributed by atoms with Gasteiger partial charge >= 0.3 is 0 Å². The van der Waals surface area contributed by atoms with E-state index in [1.165, 1.54) is 7.11 Å². The van der Waals surface area contributed by atoms with E-state index in [9.17, 15) is 13.2 Å².